The Morgan fingerprint density at radius 2 is 1.53 bits per heavy atom. The number of aliphatic hydroxyl groups excluding tert-OH is 1. The van der Waals surface area contributed by atoms with Crippen molar-refractivity contribution in [3.63, 3.8) is 0 Å². The van der Waals surface area contributed by atoms with Crippen LogP contribution in [0.25, 0.3) is 5.76 Å². The summed E-state index contributed by atoms with van der Waals surface area (Å²) in [6.07, 6.45) is 0. The van der Waals surface area contributed by atoms with Crippen molar-refractivity contribution in [2.45, 2.75) is 52.0 Å². The number of carbonyl (C=O) groups excluding carboxylic acids is 2. The Morgan fingerprint density at radius 3 is 2.05 bits per heavy atom. The van der Waals surface area contributed by atoms with E-state index in [2.05, 4.69) is 34.6 Å². The molecule has 0 spiro atoms. The van der Waals surface area contributed by atoms with Crippen LogP contribution in [0.5, 0.6) is 11.5 Å². The molecule has 0 bridgehead atoms. The maximum Gasteiger partial charge on any atom is 0.300 e. The number of anilines is 1. The fourth-order valence-corrected chi connectivity index (χ4v) is 4.74. The lowest BCUT2D eigenvalue weighted by atomic mass is 9.85. The summed E-state index contributed by atoms with van der Waals surface area (Å²) in [6.45, 7) is 10.6. The van der Waals surface area contributed by atoms with Crippen molar-refractivity contribution in [3.05, 3.63) is 94.6 Å². The van der Waals surface area contributed by atoms with Gasteiger partial charge in [0.1, 0.15) is 17.3 Å². The van der Waals surface area contributed by atoms with Crippen molar-refractivity contribution in [1.82, 2.24) is 0 Å². The van der Waals surface area contributed by atoms with Gasteiger partial charge in [0, 0.05) is 11.8 Å². The predicted octanol–water partition coefficient (Wildman–Crippen LogP) is 6.75. The van der Waals surface area contributed by atoms with E-state index in [1.165, 1.54) is 19.1 Å². The third kappa shape index (κ3) is 4.91. The molecule has 6 nitrogen and oxygen atoms in total. The molecule has 1 amide bonds. The number of hydrogen-bond acceptors (Lipinski definition) is 5. The molecule has 1 aliphatic heterocycles. The number of benzene rings is 3. The van der Waals surface area contributed by atoms with Gasteiger partial charge in [-0.15, -0.1) is 0 Å². The largest absolute Gasteiger partial charge is 0.507 e. The molecule has 6 heteroatoms. The van der Waals surface area contributed by atoms with Gasteiger partial charge in [-0.05, 0) is 52.3 Å². The number of carbonyl (C=O) groups is 2. The standard InChI is InChI=1S/C32H35NO5/c1-19(2)20-10-14-23(15-11-20)33-28(21-8-12-22(13-9-21)32(3,4)5)27(30(35)31(33)36)29(34)25-17-16-24(37-6)18-26(25)38-7/h8-19,28,34H,1-7H3/b29-27-. The second-order valence-electron chi connectivity index (χ2n) is 10.9. The van der Waals surface area contributed by atoms with Crippen LogP contribution in [0.3, 0.4) is 0 Å². The van der Waals surface area contributed by atoms with E-state index in [1.807, 2.05) is 48.5 Å². The Hall–Kier alpha value is -4.06. The van der Waals surface area contributed by atoms with Crippen molar-refractivity contribution >= 4 is 23.1 Å². The van der Waals surface area contributed by atoms with Crippen LogP contribution in [0.15, 0.2) is 72.3 Å². The Bertz CT molecular complexity index is 1380. The molecule has 1 N–H and O–H groups in total. The molecule has 4 rings (SSSR count). The average molecular weight is 514 g/mol. The Kier molecular flexibility index (Phi) is 7.36. The van der Waals surface area contributed by atoms with Gasteiger partial charge in [0.05, 0.1) is 31.4 Å². The molecule has 3 aromatic carbocycles. The summed E-state index contributed by atoms with van der Waals surface area (Å²) in [5.74, 6) is -0.550. The molecular formula is C32H35NO5. The lowest BCUT2D eigenvalue weighted by Crippen LogP contribution is -2.29. The third-order valence-corrected chi connectivity index (χ3v) is 7.04. The van der Waals surface area contributed by atoms with E-state index in [-0.39, 0.29) is 16.7 Å². The molecule has 0 aromatic heterocycles. The van der Waals surface area contributed by atoms with Gasteiger partial charge in [-0.3, -0.25) is 14.5 Å². The molecule has 0 aliphatic carbocycles. The molecule has 3 aromatic rings. The highest BCUT2D eigenvalue weighted by atomic mass is 16.5. The highest BCUT2D eigenvalue weighted by Crippen LogP contribution is 2.44. The minimum absolute atomic E-state index is 0.00918. The summed E-state index contributed by atoms with van der Waals surface area (Å²) in [5.41, 5.74) is 3.80. The smallest absolute Gasteiger partial charge is 0.300 e. The van der Waals surface area contributed by atoms with Gasteiger partial charge in [0.2, 0.25) is 0 Å². The predicted molar refractivity (Wildman–Crippen MR) is 150 cm³/mol. The summed E-state index contributed by atoms with van der Waals surface area (Å²) in [4.78, 5) is 28.5. The second kappa shape index (κ2) is 10.4. The number of rotatable bonds is 6. The fourth-order valence-electron chi connectivity index (χ4n) is 4.74. The molecule has 1 saturated heterocycles. The first kappa shape index (κ1) is 27.0. The van der Waals surface area contributed by atoms with E-state index in [0.29, 0.717) is 28.7 Å². The topological polar surface area (TPSA) is 76.1 Å². The number of Topliss-reactive ketones (excluding diaryl/α,β-unsaturated/α-hetero) is 1. The van der Waals surface area contributed by atoms with E-state index in [9.17, 15) is 14.7 Å². The van der Waals surface area contributed by atoms with Gasteiger partial charge in [-0.1, -0.05) is 71.0 Å². The van der Waals surface area contributed by atoms with Crippen molar-refractivity contribution in [3.8, 4) is 11.5 Å². The van der Waals surface area contributed by atoms with Crippen LogP contribution in [0.4, 0.5) is 5.69 Å². The van der Waals surface area contributed by atoms with Gasteiger partial charge in [-0.2, -0.15) is 0 Å². The van der Waals surface area contributed by atoms with Gasteiger partial charge in [-0.25, -0.2) is 0 Å². The zero-order chi connectivity index (χ0) is 27.8. The molecule has 38 heavy (non-hydrogen) atoms. The molecule has 1 unspecified atom stereocenters. The summed E-state index contributed by atoms with van der Waals surface area (Å²) in [7, 11) is 3.01. The van der Waals surface area contributed by atoms with Crippen molar-refractivity contribution in [2.75, 3.05) is 19.1 Å². The molecule has 0 saturated carbocycles. The maximum absolute atomic E-state index is 13.5. The first-order valence-electron chi connectivity index (χ1n) is 12.7. The maximum atomic E-state index is 13.5. The van der Waals surface area contributed by atoms with Gasteiger partial charge in [0.25, 0.3) is 11.7 Å². The lowest BCUT2D eigenvalue weighted by molar-refractivity contribution is -0.132. The van der Waals surface area contributed by atoms with Crippen LogP contribution in [-0.2, 0) is 15.0 Å². The lowest BCUT2D eigenvalue weighted by Gasteiger charge is -2.27. The SMILES string of the molecule is COc1ccc(/C(O)=C2/C(=O)C(=O)N(c3ccc(C(C)C)cc3)C2c2ccc(C(C)(C)C)cc2)c(OC)c1. The van der Waals surface area contributed by atoms with Gasteiger partial charge < -0.3 is 14.6 Å². The molecule has 0 radical (unpaired) electrons. The minimum atomic E-state index is -0.819. The van der Waals surface area contributed by atoms with Crippen LogP contribution in [0.2, 0.25) is 0 Å². The first-order valence-corrected chi connectivity index (χ1v) is 12.7. The van der Waals surface area contributed by atoms with Crippen molar-refractivity contribution < 1.29 is 24.2 Å². The number of methoxy groups -OCH3 is 2. The molecule has 1 aliphatic rings. The molecule has 1 atom stereocenters. The quantitative estimate of drug-likeness (QED) is 0.224. The Morgan fingerprint density at radius 1 is 0.895 bits per heavy atom. The summed E-state index contributed by atoms with van der Waals surface area (Å²) < 4.78 is 10.8. The number of hydrogen-bond donors (Lipinski definition) is 1. The van der Waals surface area contributed by atoms with Crippen LogP contribution in [0, 0.1) is 0 Å². The highest BCUT2D eigenvalue weighted by Gasteiger charge is 2.47. The minimum Gasteiger partial charge on any atom is -0.507 e. The van der Waals surface area contributed by atoms with Crippen LogP contribution in [0.1, 0.15) is 68.8 Å². The van der Waals surface area contributed by atoms with E-state index in [0.717, 1.165) is 16.7 Å². The van der Waals surface area contributed by atoms with Crippen molar-refractivity contribution in [2.24, 2.45) is 0 Å². The number of ether oxygens (including phenoxy) is 2. The molecule has 198 valence electrons. The van der Waals surface area contributed by atoms with Crippen LogP contribution < -0.4 is 14.4 Å². The summed E-state index contributed by atoms with van der Waals surface area (Å²) in [6, 6.07) is 19.6. The Balaban J connectivity index is 1.93. The van der Waals surface area contributed by atoms with Gasteiger partial charge >= 0.3 is 0 Å². The fraction of sp³-hybridized carbons (Fsp3) is 0.312. The Labute approximate surface area is 224 Å². The second-order valence-corrected chi connectivity index (χ2v) is 10.9. The van der Waals surface area contributed by atoms with Crippen LogP contribution in [-0.4, -0.2) is 31.0 Å². The number of aliphatic hydroxyl groups is 1. The van der Waals surface area contributed by atoms with Crippen molar-refractivity contribution in [1.29, 1.82) is 0 Å². The molecule has 1 heterocycles. The van der Waals surface area contributed by atoms with E-state index < -0.39 is 17.7 Å². The normalized spacial score (nSPS) is 17.3. The number of ketones is 1. The zero-order valence-electron chi connectivity index (χ0n) is 23.0. The third-order valence-electron chi connectivity index (χ3n) is 7.04. The van der Waals surface area contributed by atoms with Gasteiger partial charge in [0.15, 0.2) is 0 Å². The summed E-state index contributed by atoms with van der Waals surface area (Å²) in [5, 5.41) is 11.5. The zero-order valence-corrected chi connectivity index (χ0v) is 23.0. The van der Waals surface area contributed by atoms with E-state index in [1.54, 1.807) is 18.2 Å². The van der Waals surface area contributed by atoms with E-state index in [4.69, 9.17) is 9.47 Å². The molecular weight excluding hydrogens is 478 g/mol. The molecule has 1 fully saturated rings. The number of nitrogens with zero attached hydrogens (tertiary/aromatic N) is 1. The monoisotopic (exact) mass is 513 g/mol. The van der Waals surface area contributed by atoms with E-state index >= 15 is 0 Å². The average Bonchev–Trinajstić information content (AvgIpc) is 3.17. The number of amides is 1. The summed E-state index contributed by atoms with van der Waals surface area (Å²) >= 11 is 0. The first-order chi connectivity index (χ1) is 18.0. The van der Waals surface area contributed by atoms with Crippen LogP contribution >= 0.6 is 0 Å². The highest BCUT2D eigenvalue weighted by molar-refractivity contribution is 6.51.